The molecule has 0 spiro atoms. The molecule has 1 amide bonds. The molecule has 0 aliphatic carbocycles. The van der Waals surface area contributed by atoms with Crippen LogP contribution >= 0.6 is 35.0 Å². The number of hydrogen-bond donors (Lipinski definition) is 1. The van der Waals surface area contributed by atoms with Gasteiger partial charge in [-0.05, 0) is 48.9 Å². The molecule has 0 bridgehead atoms. The molecule has 0 aliphatic rings. The van der Waals surface area contributed by atoms with E-state index in [1.165, 1.54) is 0 Å². The van der Waals surface area contributed by atoms with E-state index in [0.717, 1.165) is 22.8 Å². The average Bonchev–Trinajstić information content (AvgIpc) is 2.64. The Balaban J connectivity index is 1.66. The number of halogens is 2. The first kappa shape index (κ1) is 20.7. The number of hydrogen-bond acceptors (Lipinski definition) is 4. The molecule has 0 radical (unpaired) electrons. The molecule has 4 nitrogen and oxygen atoms in total. The lowest BCUT2D eigenvalue weighted by molar-refractivity contribution is -0.127. The van der Waals surface area contributed by atoms with Gasteiger partial charge in [-0.3, -0.25) is 4.79 Å². The molecule has 1 unspecified atom stereocenters. The summed E-state index contributed by atoms with van der Waals surface area (Å²) in [6.45, 7) is 2.30. The highest BCUT2D eigenvalue weighted by Gasteiger charge is 2.14. The quantitative estimate of drug-likeness (QED) is 0.598. The van der Waals surface area contributed by atoms with Gasteiger partial charge >= 0.3 is 0 Å². The SMILES string of the molecule is COc1ccc(OC(C)C(=O)NCCSCc2ccc(Cl)c(Cl)c2)cc1. The van der Waals surface area contributed by atoms with Crippen LogP contribution in [0.25, 0.3) is 0 Å². The predicted octanol–water partition coefficient (Wildman–Crippen LogP) is 4.82. The van der Waals surface area contributed by atoms with Crippen LogP contribution < -0.4 is 14.8 Å². The molecule has 0 saturated carbocycles. The van der Waals surface area contributed by atoms with Crippen molar-refractivity contribution in [2.45, 2.75) is 18.8 Å². The second kappa shape index (κ2) is 10.6. The number of rotatable bonds is 9. The minimum atomic E-state index is -0.566. The number of amides is 1. The Bertz CT molecular complexity index is 725. The summed E-state index contributed by atoms with van der Waals surface area (Å²) in [6.07, 6.45) is -0.566. The van der Waals surface area contributed by atoms with Gasteiger partial charge in [0.1, 0.15) is 11.5 Å². The van der Waals surface area contributed by atoms with Crippen molar-refractivity contribution in [2.75, 3.05) is 19.4 Å². The van der Waals surface area contributed by atoms with Gasteiger partial charge in [-0.15, -0.1) is 0 Å². The maximum atomic E-state index is 12.1. The van der Waals surface area contributed by atoms with Crippen molar-refractivity contribution >= 4 is 40.9 Å². The fourth-order valence-electron chi connectivity index (χ4n) is 2.12. The molecule has 0 saturated heterocycles. The fraction of sp³-hybridized carbons (Fsp3) is 0.316. The molecule has 2 aromatic rings. The van der Waals surface area contributed by atoms with Crippen molar-refractivity contribution in [1.82, 2.24) is 5.32 Å². The highest BCUT2D eigenvalue weighted by molar-refractivity contribution is 7.98. The van der Waals surface area contributed by atoms with Crippen molar-refractivity contribution < 1.29 is 14.3 Å². The van der Waals surface area contributed by atoms with Crippen molar-refractivity contribution in [3.63, 3.8) is 0 Å². The molecule has 1 atom stereocenters. The van der Waals surface area contributed by atoms with E-state index in [2.05, 4.69) is 5.32 Å². The van der Waals surface area contributed by atoms with Gasteiger partial charge in [0.15, 0.2) is 6.10 Å². The summed E-state index contributed by atoms with van der Waals surface area (Å²) < 4.78 is 10.7. The van der Waals surface area contributed by atoms with Crippen LogP contribution in [0.4, 0.5) is 0 Å². The van der Waals surface area contributed by atoms with E-state index in [0.29, 0.717) is 22.3 Å². The normalized spacial score (nSPS) is 11.7. The van der Waals surface area contributed by atoms with Gasteiger partial charge in [-0.1, -0.05) is 29.3 Å². The standard InChI is InChI=1S/C19H21Cl2NO3S/c1-13(25-16-6-4-15(24-2)5-7-16)19(23)22-9-10-26-12-14-3-8-17(20)18(21)11-14/h3-8,11,13H,9-10,12H2,1-2H3,(H,22,23). The minimum absolute atomic E-state index is 0.143. The fourth-order valence-corrected chi connectivity index (χ4v) is 3.25. The summed E-state index contributed by atoms with van der Waals surface area (Å²) in [4.78, 5) is 12.1. The van der Waals surface area contributed by atoms with E-state index in [9.17, 15) is 4.79 Å². The Morgan fingerprint density at radius 2 is 1.81 bits per heavy atom. The molecule has 0 aliphatic heterocycles. The molecule has 0 aromatic heterocycles. The smallest absolute Gasteiger partial charge is 0.260 e. The molecule has 7 heteroatoms. The lowest BCUT2D eigenvalue weighted by Crippen LogP contribution is -2.37. The number of carbonyl (C=O) groups is 1. The number of thioether (sulfide) groups is 1. The topological polar surface area (TPSA) is 47.6 Å². The van der Waals surface area contributed by atoms with Gasteiger partial charge in [0.25, 0.3) is 5.91 Å². The molecule has 2 rings (SSSR count). The van der Waals surface area contributed by atoms with E-state index in [1.54, 1.807) is 56.1 Å². The third kappa shape index (κ3) is 6.63. The van der Waals surface area contributed by atoms with Crippen molar-refractivity contribution in [3.8, 4) is 11.5 Å². The van der Waals surface area contributed by atoms with Crippen molar-refractivity contribution in [2.24, 2.45) is 0 Å². The van der Waals surface area contributed by atoms with E-state index < -0.39 is 6.10 Å². The largest absolute Gasteiger partial charge is 0.497 e. The van der Waals surface area contributed by atoms with E-state index >= 15 is 0 Å². The Morgan fingerprint density at radius 1 is 1.12 bits per heavy atom. The maximum absolute atomic E-state index is 12.1. The van der Waals surface area contributed by atoms with Gasteiger partial charge in [0.05, 0.1) is 17.2 Å². The molecular weight excluding hydrogens is 393 g/mol. The summed E-state index contributed by atoms with van der Waals surface area (Å²) in [7, 11) is 1.60. The molecule has 0 fully saturated rings. The van der Waals surface area contributed by atoms with Gasteiger partial charge in [-0.25, -0.2) is 0 Å². The lowest BCUT2D eigenvalue weighted by Gasteiger charge is -2.15. The number of carbonyl (C=O) groups excluding carboxylic acids is 1. The first-order valence-corrected chi connectivity index (χ1v) is 10.0. The van der Waals surface area contributed by atoms with Gasteiger partial charge in [0.2, 0.25) is 0 Å². The minimum Gasteiger partial charge on any atom is -0.497 e. The monoisotopic (exact) mass is 413 g/mol. The van der Waals surface area contributed by atoms with Crippen molar-refractivity contribution in [3.05, 3.63) is 58.1 Å². The molecular formula is C19H21Cl2NO3S. The summed E-state index contributed by atoms with van der Waals surface area (Å²) in [5.74, 6) is 2.83. The molecule has 1 N–H and O–H groups in total. The number of nitrogens with one attached hydrogen (secondary N) is 1. The molecule has 0 heterocycles. The van der Waals surface area contributed by atoms with E-state index in [-0.39, 0.29) is 5.91 Å². The van der Waals surface area contributed by atoms with Gasteiger partial charge in [-0.2, -0.15) is 11.8 Å². The Labute approximate surface area is 168 Å². The van der Waals surface area contributed by atoms with Crippen LogP contribution in [0.15, 0.2) is 42.5 Å². The van der Waals surface area contributed by atoms with Crippen LogP contribution in [0.2, 0.25) is 10.0 Å². The molecule has 2 aromatic carbocycles. The average molecular weight is 414 g/mol. The third-order valence-corrected chi connectivity index (χ3v) is 5.31. The maximum Gasteiger partial charge on any atom is 0.260 e. The first-order valence-electron chi connectivity index (χ1n) is 8.09. The van der Waals surface area contributed by atoms with Crippen LogP contribution in [0, 0.1) is 0 Å². The molecule has 140 valence electrons. The number of benzene rings is 2. The second-order valence-corrected chi connectivity index (χ2v) is 7.45. The van der Waals surface area contributed by atoms with Crippen LogP contribution in [0.5, 0.6) is 11.5 Å². The first-order chi connectivity index (χ1) is 12.5. The van der Waals surface area contributed by atoms with E-state index in [4.69, 9.17) is 32.7 Å². The zero-order chi connectivity index (χ0) is 18.9. The zero-order valence-electron chi connectivity index (χ0n) is 14.6. The molecule has 26 heavy (non-hydrogen) atoms. The highest BCUT2D eigenvalue weighted by Crippen LogP contribution is 2.24. The van der Waals surface area contributed by atoms with Gasteiger partial charge in [0, 0.05) is 18.1 Å². The summed E-state index contributed by atoms with van der Waals surface area (Å²) in [5, 5.41) is 3.99. The lowest BCUT2D eigenvalue weighted by atomic mass is 10.2. The Morgan fingerprint density at radius 3 is 2.46 bits per heavy atom. The van der Waals surface area contributed by atoms with Crippen LogP contribution in [-0.4, -0.2) is 31.4 Å². The van der Waals surface area contributed by atoms with Crippen LogP contribution in [0.1, 0.15) is 12.5 Å². The third-order valence-electron chi connectivity index (χ3n) is 3.54. The Kier molecular flexibility index (Phi) is 8.42. The van der Waals surface area contributed by atoms with Crippen LogP contribution in [0.3, 0.4) is 0 Å². The summed E-state index contributed by atoms with van der Waals surface area (Å²) in [5.41, 5.74) is 1.10. The number of methoxy groups -OCH3 is 1. The summed E-state index contributed by atoms with van der Waals surface area (Å²) >= 11 is 13.6. The van der Waals surface area contributed by atoms with Crippen molar-refractivity contribution in [1.29, 1.82) is 0 Å². The predicted molar refractivity (Wildman–Crippen MR) is 109 cm³/mol. The summed E-state index contributed by atoms with van der Waals surface area (Å²) in [6, 6.07) is 12.7. The van der Waals surface area contributed by atoms with E-state index in [1.807, 2.05) is 12.1 Å². The highest BCUT2D eigenvalue weighted by atomic mass is 35.5. The second-order valence-electron chi connectivity index (χ2n) is 5.53. The Hall–Kier alpha value is -1.56. The zero-order valence-corrected chi connectivity index (χ0v) is 17.0. The number of ether oxygens (including phenoxy) is 2. The van der Waals surface area contributed by atoms with Crippen LogP contribution in [-0.2, 0) is 10.5 Å². The van der Waals surface area contributed by atoms with Gasteiger partial charge < -0.3 is 14.8 Å².